The summed E-state index contributed by atoms with van der Waals surface area (Å²) in [5.74, 6) is -0.696. The van der Waals surface area contributed by atoms with Crippen LogP contribution in [0.25, 0.3) is 0 Å². The number of hydrogen-bond acceptors (Lipinski definition) is 2. The molecule has 2 bridgehead atoms. The monoisotopic (exact) mass is 441 g/mol. The second-order valence-electron chi connectivity index (χ2n) is 9.33. The Balaban J connectivity index is 1.55. The molecule has 4 aliphatic rings. The highest BCUT2D eigenvalue weighted by molar-refractivity contribution is 6.31. The van der Waals surface area contributed by atoms with Gasteiger partial charge in [-0.25, -0.2) is 4.90 Å². The first-order chi connectivity index (χ1) is 15.5. The largest absolute Gasteiger partial charge is 0.274 e. The zero-order chi connectivity index (χ0) is 22.1. The van der Waals surface area contributed by atoms with E-state index < -0.39 is 0 Å². The van der Waals surface area contributed by atoms with E-state index in [4.69, 9.17) is 11.6 Å². The number of nitrogens with zero attached hydrogens (tertiary/aromatic N) is 1. The predicted molar refractivity (Wildman–Crippen MR) is 126 cm³/mol. The van der Waals surface area contributed by atoms with Crippen LogP contribution in [0, 0.1) is 11.8 Å². The number of imide groups is 1. The lowest BCUT2D eigenvalue weighted by Crippen LogP contribution is -2.41. The van der Waals surface area contributed by atoms with Gasteiger partial charge >= 0.3 is 0 Å². The molecule has 4 heteroatoms. The SMILES string of the molecule is CC[C@@H](C)c1ccc2c(c1)[C@@H]1c3ccccc3[C@@H]2[C@@H]2C(=O)N(c3cccc(Cl)c3)C(=O)[C@H]12. The molecular formula is C28H24ClNO2. The number of hydrogen-bond donors (Lipinski definition) is 0. The molecule has 7 rings (SSSR count). The highest BCUT2D eigenvalue weighted by atomic mass is 35.5. The van der Waals surface area contributed by atoms with Gasteiger partial charge in [-0.2, -0.15) is 0 Å². The number of anilines is 1. The van der Waals surface area contributed by atoms with Crippen molar-refractivity contribution in [2.24, 2.45) is 11.8 Å². The molecule has 1 aliphatic heterocycles. The zero-order valence-electron chi connectivity index (χ0n) is 18.1. The average molecular weight is 442 g/mol. The Morgan fingerprint density at radius 1 is 0.812 bits per heavy atom. The second kappa shape index (κ2) is 7.05. The minimum atomic E-state index is -0.374. The first-order valence-corrected chi connectivity index (χ1v) is 11.7. The molecule has 0 aromatic heterocycles. The van der Waals surface area contributed by atoms with E-state index >= 15 is 0 Å². The van der Waals surface area contributed by atoms with Crippen molar-refractivity contribution >= 4 is 29.1 Å². The van der Waals surface area contributed by atoms with Gasteiger partial charge in [0.05, 0.1) is 17.5 Å². The number of carbonyl (C=O) groups excluding carboxylic acids is 2. The zero-order valence-corrected chi connectivity index (χ0v) is 18.8. The molecule has 2 amide bonds. The van der Waals surface area contributed by atoms with Crippen molar-refractivity contribution in [1.29, 1.82) is 0 Å². The fourth-order valence-electron chi connectivity index (χ4n) is 6.16. The summed E-state index contributed by atoms with van der Waals surface area (Å²) in [4.78, 5) is 28.9. The molecule has 3 aliphatic carbocycles. The maximum atomic E-state index is 13.8. The molecule has 0 saturated carbocycles. The van der Waals surface area contributed by atoms with Crippen LogP contribution in [0.15, 0.2) is 66.7 Å². The number of rotatable bonds is 3. The summed E-state index contributed by atoms with van der Waals surface area (Å²) in [7, 11) is 0. The average Bonchev–Trinajstić information content (AvgIpc) is 3.08. The number of benzene rings is 3. The topological polar surface area (TPSA) is 37.4 Å². The Bertz CT molecular complexity index is 1280. The van der Waals surface area contributed by atoms with Gasteiger partial charge in [0.1, 0.15) is 0 Å². The smallest absolute Gasteiger partial charge is 0.238 e. The van der Waals surface area contributed by atoms with Crippen molar-refractivity contribution in [3.63, 3.8) is 0 Å². The van der Waals surface area contributed by atoms with Crippen LogP contribution in [0.3, 0.4) is 0 Å². The van der Waals surface area contributed by atoms with Gasteiger partial charge in [0.15, 0.2) is 0 Å². The van der Waals surface area contributed by atoms with Crippen molar-refractivity contribution < 1.29 is 9.59 Å². The molecule has 0 N–H and O–H groups in total. The van der Waals surface area contributed by atoms with E-state index in [0.717, 1.165) is 6.42 Å². The Kier molecular flexibility index (Phi) is 4.35. The summed E-state index contributed by atoms with van der Waals surface area (Å²) < 4.78 is 0. The third kappa shape index (κ3) is 2.55. The van der Waals surface area contributed by atoms with E-state index in [-0.39, 0.29) is 35.5 Å². The van der Waals surface area contributed by atoms with Crippen LogP contribution < -0.4 is 4.90 Å². The third-order valence-corrected chi connectivity index (χ3v) is 8.05. The van der Waals surface area contributed by atoms with Gasteiger partial charge < -0.3 is 0 Å². The number of carbonyl (C=O) groups is 2. The molecule has 0 spiro atoms. The molecule has 3 nitrogen and oxygen atoms in total. The first-order valence-electron chi connectivity index (χ1n) is 11.4. The maximum absolute atomic E-state index is 13.8. The van der Waals surface area contributed by atoms with Gasteiger partial charge in [-0.3, -0.25) is 9.59 Å². The summed E-state index contributed by atoms with van der Waals surface area (Å²) in [6.45, 7) is 4.44. The van der Waals surface area contributed by atoms with Gasteiger partial charge in [-0.05, 0) is 58.4 Å². The molecule has 160 valence electrons. The van der Waals surface area contributed by atoms with E-state index in [2.05, 4.69) is 44.2 Å². The third-order valence-electron chi connectivity index (χ3n) is 7.81. The molecule has 3 aromatic carbocycles. The Morgan fingerprint density at radius 2 is 1.44 bits per heavy atom. The molecular weight excluding hydrogens is 418 g/mol. The molecule has 1 saturated heterocycles. The van der Waals surface area contributed by atoms with Crippen LogP contribution in [-0.2, 0) is 9.59 Å². The van der Waals surface area contributed by atoms with E-state index in [9.17, 15) is 9.59 Å². The highest BCUT2D eigenvalue weighted by Gasteiger charge is 2.61. The van der Waals surface area contributed by atoms with Crippen molar-refractivity contribution in [3.05, 3.63) is 99.6 Å². The van der Waals surface area contributed by atoms with Crippen molar-refractivity contribution in [2.75, 3.05) is 4.90 Å². The summed E-state index contributed by atoms with van der Waals surface area (Å²) in [5.41, 5.74) is 6.68. The first kappa shape index (κ1) is 19.8. The van der Waals surface area contributed by atoms with Crippen LogP contribution in [0.1, 0.15) is 65.8 Å². The van der Waals surface area contributed by atoms with E-state index in [1.165, 1.54) is 32.7 Å². The van der Waals surface area contributed by atoms with Crippen molar-refractivity contribution in [2.45, 2.75) is 38.0 Å². The van der Waals surface area contributed by atoms with Crippen LogP contribution >= 0.6 is 11.6 Å². The minimum absolute atomic E-state index is 0.0946. The van der Waals surface area contributed by atoms with Crippen molar-refractivity contribution in [3.8, 4) is 0 Å². The van der Waals surface area contributed by atoms with Gasteiger partial charge in [-0.15, -0.1) is 0 Å². The minimum Gasteiger partial charge on any atom is -0.274 e. The summed E-state index contributed by atoms with van der Waals surface area (Å²) in [6.07, 6.45) is 1.06. The number of amides is 2. The lowest BCUT2D eigenvalue weighted by molar-refractivity contribution is -0.122. The summed E-state index contributed by atoms with van der Waals surface area (Å²) in [5, 5.41) is 0.519. The molecule has 1 fully saturated rings. The predicted octanol–water partition coefficient (Wildman–Crippen LogP) is 6.25. The Labute approximate surface area is 193 Å². The fraction of sp³-hybridized carbons (Fsp3) is 0.286. The number of halogens is 1. The standard InChI is InChI=1S/C28H24ClNO2/c1-3-15(2)16-11-12-21-22(13-16)24-20-10-5-4-9-19(20)23(21)25-26(24)28(32)30(27(25)31)18-8-6-7-17(29)14-18/h4-15,23-26H,3H2,1-2H3/t15-,23+,24+,25+,26-/m1/s1. The molecule has 5 atom stereocenters. The van der Waals surface area contributed by atoms with Gasteiger partial charge in [0, 0.05) is 16.9 Å². The normalized spacial score (nSPS) is 26.0. The van der Waals surface area contributed by atoms with Crippen LogP contribution in [-0.4, -0.2) is 11.8 Å². The molecule has 32 heavy (non-hydrogen) atoms. The second-order valence-corrected chi connectivity index (χ2v) is 9.76. The summed E-state index contributed by atoms with van der Waals surface area (Å²) in [6, 6.07) is 22.1. The van der Waals surface area contributed by atoms with Gasteiger partial charge in [0.25, 0.3) is 0 Å². The molecule has 0 radical (unpaired) electrons. The van der Waals surface area contributed by atoms with Crippen LogP contribution in [0.5, 0.6) is 0 Å². The van der Waals surface area contributed by atoms with Gasteiger partial charge in [0.2, 0.25) is 11.8 Å². The lowest BCUT2D eigenvalue weighted by atomic mass is 9.54. The molecule has 1 heterocycles. The highest BCUT2D eigenvalue weighted by Crippen LogP contribution is 2.61. The van der Waals surface area contributed by atoms with Crippen molar-refractivity contribution in [1.82, 2.24) is 0 Å². The molecule has 0 unspecified atom stereocenters. The molecule has 3 aromatic rings. The van der Waals surface area contributed by atoms with E-state index in [0.29, 0.717) is 16.6 Å². The van der Waals surface area contributed by atoms with Crippen LogP contribution in [0.4, 0.5) is 5.69 Å². The Morgan fingerprint density at radius 3 is 2.06 bits per heavy atom. The Hall–Kier alpha value is -2.91. The maximum Gasteiger partial charge on any atom is 0.238 e. The van der Waals surface area contributed by atoms with E-state index in [1.54, 1.807) is 24.3 Å². The fourth-order valence-corrected chi connectivity index (χ4v) is 6.34. The summed E-state index contributed by atoms with van der Waals surface area (Å²) >= 11 is 6.20. The van der Waals surface area contributed by atoms with E-state index in [1.807, 2.05) is 12.1 Å². The lowest BCUT2D eigenvalue weighted by Gasteiger charge is -2.46. The van der Waals surface area contributed by atoms with Gasteiger partial charge in [-0.1, -0.05) is 74.0 Å². The quantitative estimate of drug-likeness (QED) is 0.450. The van der Waals surface area contributed by atoms with Crippen LogP contribution in [0.2, 0.25) is 5.02 Å².